The van der Waals surface area contributed by atoms with Crippen molar-refractivity contribution in [3.63, 3.8) is 0 Å². The Morgan fingerprint density at radius 1 is 1.29 bits per heavy atom. The summed E-state index contributed by atoms with van der Waals surface area (Å²) < 4.78 is 26.1. The van der Waals surface area contributed by atoms with Crippen LogP contribution in [0.25, 0.3) is 0 Å². The first-order chi connectivity index (χ1) is 9.51. The summed E-state index contributed by atoms with van der Waals surface area (Å²) in [5.41, 5.74) is -0.622. The predicted octanol–water partition coefficient (Wildman–Crippen LogP) is 1.62. The van der Waals surface area contributed by atoms with Crippen LogP contribution in [0, 0.1) is 15.5 Å². The third kappa shape index (κ3) is 3.78. The molecule has 7 nitrogen and oxygen atoms in total. The van der Waals surface area contributed by atoms with Gasteiger partial charge in [0.2, 0.25) is 10.0 Å². The average Bonchev–Trinajstić information content (AvgIpc) is 2.37. The van der Waals surface area contributed by atoms with Crippen molar-refractivity contribution in [2.45, 2.75) is 31.7 Å². The lowest BCUT2D eigenvalue weighted by molar-refractivity contribution is -0.384. The molecular formula is C13H20N2O5S. The molecule has 1 N–H and O–H groups in total. The van der Waals surface area contributed by atoms with Crippen LogP contribution in [-0.2, 0) is 10.0 Å². The summed E-state index contributed by atoms with van der Waals surface area (Å²) in [5.74, 6) is 0. The Morgan fingerprint density at radius 3 is 2.10 bits per heavy atom. The molecule has 0 bridgehead atoms. The van der Waals surface area contributed by atoms with E-state index in [9.17, 15) is 23.6 Å². The van der Waals surface area contributed by atoms with Crippen molar-refractivity contribution in [2.24, 2.45) is 5.41 Å². The van der Waals surface area contributed by atoms with Gasteiger partial charge in [-0.05, 0) is 17.5 Å². The van der Waals surface area contributed by atoms with Crippen LogP contribution < -0.4 is 0 Å². The van der Waals surface area contributed by atoms with Gasteiger partial charge in [-0.15, -0.1) is 0 Å². The predicted molar refractivity (Wildman–Crippen MR) is 78.4 cm³/mol. The zero-order valence-corrected chi connectivity index (χ0v) is 13.3. The molecule has 21 heavy (non-hydrogen) atoms. The molecule has 0 heterocycles. The van der Waals surface area contributed by atoms with E-state index in [0.717, 1.165) is 16.4 Å². The molecule has 1 aromatic rings. The Morgan fingerprint density at radius 2 is 1.76 bits per heavy atom. The first-order valence-corrected chi connectivity index (χ1v) is 7.79. The average molecular weight is 316 g/mol. The molecule has 1 rings (SSSR count). The van der Waals surface area contributed by atoms with E-state index in [1.54, 1.807) is 0 Å². The van der Waals surface area contributed by atoms with Crippen LogP contribution in [0.4, 0.5) is 5.69 Å². The highest BCUT2D eigenvalue weighted by atomic mass is 32.2. The zero-order valence-electron chi connectivity index (χ0n) is 12.5. The van der Waals surface area contributed by atoms with Gasteiger partial charge in [0.1, 0.15) is 0 Å². The van der Waals surface area contributed by atoms with Crippen molar-refractivity contribution in [1.29, 1.82) is 0 Å². The lowest BCUT2D eigenvalue weighted by Crippen LogP contribution is -2.47. The van der Waals surface area contributed by atoms with Crippen molar-refractivity contribution in [1.82, 2.24) is 4.31 Å². The fourth-order valence-electron chi connectivity index (χ4n) is 2.01. The topological polar surface area (TPSA) is 101 Å². The maximum Gasteiger partial charge on any atom is 0.269 e. The molecule has 1 aromatic carbocycles. The number of aliphatic hydroxyl groups is 1. The Kier molecular flexibility index (Phi) is 5.08. The van der Waals surface area contributed by atoms with Crippen LogP contribution in [0.2, 0.25) is 0 Å². The third-order valence-corrected chi connectivity index (χ3v) is 5.22. The second kappa shape index (κ2) is 6.08. The summed E-state index contributed by atoms with van der Waals surface area (Å²) in [7, 11) is -2.43. The molecule has 0 aliphatic carbocycles. The summed E-state index contributed by atoms with van der Waals surface area (Å²) in [6.45, 7) is 5.17. The molecule has 0 fully saturated rings. The van der Waals surface area contributed by atoms with E-state index in [1.807, 2.05) is 20.8 Å². The Bertz CT molecular complexity index is 604. The maximum absolute atomic E-state index is 12.5. The Labute approximate surface area is 124 Å². The van der Waals surface area contributed by atoms with Crippen molar-refractivity contribution >= 4 is 15.7 Å². The standard InChI is InChI=1S/C13H20N2O5S/c1-13(2,3)12(9-16)14(4)21(19,20)11-7-5-10(6-8-11)15(17)18/h5-8,12,16H,9H2,1-4H3/t12-/m1/s1. The largest absolute Gasteiger partial charge is 0.395 e. The van der Waals surface area contributed by atoms with Gasteiger partial charge >= 0.3 is 0 Å². The molecule has 8 heteroatoms. The number of nitrogens with zero attached hydrogens (tertiary/aromatic N) is 2. The molecule has 118 valence electrons. The van der Waals surface area contributed by atoms with Gasteiger partial charge in [0.05, 0.1) is 22.5 Å². The SMILES string of the molecule is CN([C@H](CO)C(C)(C)C)S(=O)(=O)c1ccc([N+](=O)[O-])cc1. The molecule has 0 aromatic heterocycles. The van der Waals surface area contributed by atoms with Crippen LogP contribution in [0.5, 0.6) is 0 Å². The zero-order chi connectivity index (χ0) is 16.4. The van der Waals surface area contributed by atoms with Gasteiger partial charge in [-0.25, -0.2) is 8.42 Å². The highest BCUT2D eigenvalue weighted by Gasteiger charge is 2.35. The van der Waals surface area contributed by atoms with Crippen LogP contribution in [0.15, 0.2) is 29.2 Å². The summed E-state index contributed by atoms with van der Waals surface area (Å²) in [6, 6.07) is 4.08. The number of benzene rings is 1. The molecule has 0 unspecified atom stereocenters. The first-order valence-electron chi connectivity index (χ1n) is 6.35. The van der Waals surface area contributed by atoms with Gasteiger partial charge in [0.25, 0.3) is 5.69 Å². The van der Waals surface area contributed by atoms with E-state index in [-0.39, 0.29) is 17.2 Å². The number of nitro benzene ring substituents is 1. The number of nitro groups is 1. The van der Waals surface area contributed by atoms with E-state index < -0.39 is 26.4 Å². The van der Waals surface area contributed by atoms with E-state index in [4.69, 9.17) is 0 Å². The monoisotopic (exact) mass is 316 g/mol. The summed E-state index contributed by atoms with van der Waals surface area (Å²) in [4.78, 5) is 9.96. The number of non-ortho nitro benzene ring substituents is 1. The number of sulfonamides is 1. The molecule has 1 atom stereocenters. The quantitative estimate of drug-likeness (QED) is 0.657. The van der Waals surface area contributed by atoms with Crippen molar-refractivity contribution in [3.05, 3.63) is 34.4 Å². The minimum atomic E-state index is -3.83. The highest BCUT2D eigenvalue weighted by molar-refractivity contribution is 7.89. The first kappa shape index (κ1) is 17.5. The molecule has 0 saturated heterocycles. The van der Waals surface area contributed by atoms with Gasteiger partial charge in [-0.2, -0.15) is 4.31 Å². The molecular weight excluding hydrogens is 296 g/mol. The molecule has 0 aliphatic rings. The summed E-state index contributed by atoms with van der Waals surface area (Å²) in [5, 5.41) is 20.1. The van der Waals surface area contributed by atoms with Crippen LogP contribution in [0.3, 0.4) is 0 Å². The van der Waals surface area contributed by atoms with Gasteiger partial charge in [-0.3, -0.25) is 10.1 Å². The smallest absolute Gasteiger partial charge is 0.269 e. The third-order valence-electron chi connectivity index (χ3n) is 3.34. The lowest BCUT2D eigenvalue weighted by atomic mass is 9.87. The van der Waals surface area contributed by atoms with E-state index in [1.165, 1.54) is 19.2 Å². The second-order valence-electron chi connectivity index (χ2n) is 5.84. The van der Waals surface area contributed by atoms with Gasteiger partial charge in [-0.1, -0.05) is 20.8 Å². The normalized spacial score (nSPS) is 14.2. The van der Waals surface area contributed by atoms with Crippen molar-refractivity contribution in [2.75, 3.05) is 13.7 Å². The van der Waals surface area contributed by atoms with E-state index in [0.29, 0.717) is 0 Å². The van der Waals surface area contributed by atoms with Crippen molar-refractivity contribution < 1.29 is 18.4 Å². The second-order valence-corrected chi connectivity index (χ2v) is 7.83. The molecule has 0 aliphatic heterocycles. The van der Waals surface area contributed by atoms with E-state index in [2.05, 4.69) is 0 Å². The fraction of sp³-hybridized carbons (Fsp3) is 0.538. The molecule has 0 amide bonds. The van der Waals surface area contributed by atoms with Crippen molar-refractivity contribution in [3.8, 4) is 0 Å². The van der Waals surface area contributed by atoms with Gasteiger partial charge in [0.15, 0.2) is 0 Å². The van der Waals surface area contributed by atoms with Gasteiger partial charge in [0, 0.05) is 19.2 Å². The van der Waals surface area contributed by atoms with Crippen LogP contribution in [0.1, 0.15) is 20.8 Å². The molecule has 0 saturated carbocycles. The molecule has 0 spiro atoms. The van der Waals surface area contributed by atoms with E-state index >= 15 is 0 Å². The minimum Gasteiger partial charge on any atom is -0.395 e. The Hall–Kier alpha value is -1.51. The number of aliphatic hydroxyl groups excluding tert-OH is 1. The Balaban J connectivity index is 3.18. The van der Waals surface area contributed by atoms with Crippen LogP contribution >= 0.6 is 0 Å². The number of likely N-dealkylation sites (N-methyl/N-ethyl adjacent to an activating group) is 1. The maximum atomic E-state index is 12.5. The van der Waals surface area contributed by atoms with Gasteiger partial charge < -0.3 is 5.11 Å². The van der Waals surface area contributed by atoms with Crippen LogP contribution in [-0.4, -0.2) is 42.4 Å². The highest BCUT2D eigenvalue weighted by Crippen LogP contribution is 2.28. The summed E-state index contributed by atoms with van der Waals surface area (Å²) in [6.07, 6.45) is 0. The summed E-state index contributed by atoms with van der Waals surface area (Å²) >= 11 is 0. The lowest BCUT2D eigenvalue weighted by Gasteiger charge is -2.35. The minimum absolute atomic E-state index is 0.0432. The number of rotatable bonds is 5. The number of hydrogen-bond donors (Lipinski definition) is 1. The molecule has 0 radical (unpaired) electrons. The fourth-order valence-corrected chi connectivity index (χ4v) is 3.54. The number of hydrogen-bond acceptors (Lipinski definition) is 5.